The van der Waals surface area contributed by atoms with Crippen molar-refractivity contribution in [3.63, 3.8) is 0 Å². The Morgan fingerprint density at radius 3 is 1.62 bits per heavy atom. The molecule has 3 heteroatoms. The van der Waals surface area contributed by atoms with Crippen molar-refractivity contribution < 1.29 is 10.2 Å². The van der Waals surface area contributed by atoms with E-state index in [0.29, 0.717) is 6.54 Å². The van der Waals surface area contributed by atoms with Gasteiger partial charge >= 0.3 is 0 Å². The second kappa shape index (κ2) is 16.0. The first-order valence-electron chi connectivity index (χ1n) is 2.36. The quantitative estimate of drug-likeness (QED) is 0.413. The molecule has 8 heavy (non-hydrogen) atoms. The van der Waals surface area contributed by atoms with Gasteiger partial charge in [0, 0.05) is 6.54 Å². The molecule has 0 aliphatic rings. The second-order valence-electron chi connectivity index (χ2n) is 0.972. The molecule has 0 rings (SSSR count). The Morgan fingerprint density at radius 2 is 1.62 bits per heavy atom. The minimum atomic E-state index is -0.125. The van der Waals surface area contributed by atoms with Crippen LogP contribution in [0, 0.1) is 0 Å². The molecule has 0 saturated carbocycles. The Bertz CT molecular complexity index is 37.4. The zero-order valence-electron chi connectivity index (χ0n) is 4.88. The van der Waals surface area contributed by atoms with E-state index in [1.165, 1.54) is 0 Å². The molecule has 0 aromatic carbocycles. The molecule has 0 saturated heterocycles. The number of aliphatic hydroxyl groups excluding tert-OH is 2. The normalized spacial score (nSPS) is 6.88. The van der Waals surface area contributed by atoms with Gasteiger partial charge in [-0.3, -0.25) is 0 Å². The van der Waals surface area contributed by atoms with Gasteiger partial charge in [-0.1, -0.05) is 6.08 Å². The van der Waals surface area contributed by atoms with Gasteiger partial charge in [0.15, 0.2) is 0 Å². The maximum atomic E-state index is 7.62. The van der Waals surface area contributed by atoms with Crippen molar-refractivity contribution in [2.75, 3.05) is 19.8 Å². The highest BCUT2D eigenvalue weighted by atomic mass is 16.3. The standard InChI is InChI=1S/C3H7N.C2H6O2/c1-2-3-4;3-1-2-4/h2H,1,3-4H2;3-4H,1-2H2. The number of rotatable bonds is 2. The van der Waals surface area contributed by atoms with E-state index in [4.69, 9.17) is 15.9 Å². The molecule has 0 spiro atoms. The zero-order valence-corrected chi connectivity index (χ0v) is 4.88. The summed E-state index contributed by atoms with van der Waals surface area (Å²) in [7, 11) is 0. The monoisotopic (exact) mass is 119 g/mol. The smallest absolute Gasteiger partial charge is 0.0662 e. The first-order chi connectivity index (χ1) is 3.83. The molecule has 0 fully saturated rings. The third-order valence-corrected chi connectivity index (χ3v) is 0.267. The molecule has 0 bridgehead atoms. The van der Waals surface area contributed by atoms with E-state index in [-0.39, 0.29) is 13.2 Å². The van der Waals surface area contributed by atoms with Gasteiger partial charge in [0.2, 0.25) is 0 Å². The molecule has 0 aromatic rings. The summed E-state index contributed by atoms with van der Waals surface area (Å²) in [5, 5.41) is 15.2. The lowest BCUT2D eigenvalue weighted by Gasteiger charge is -1.70. The summed E-state index contributed by atoms with van der Waals surface area (Å²) in [6.45, 7) is 3.69. The van der Waals surface area contributed by atoms with Crippen LogP contribution in [-0.4, -0.2) is 30.0 Å². The summed E-state index contributed by atoms with van der Waals surface area (Å²) in [6, 6.07) is 0. The van der Waals surface area contributed by atoms with Crippen molar-refractivity contribution >= 4 is 0 Å². The molecule has 0 aromatic heterocycles. The third-order valence-electron chi connectivity index (χ3n) is 0.267. The summed E-state index contributed by atoms with van der Waals surface area (Å²) in [5.74, 6) is 0. The Morgan fingerprint density at radius 1 is 1.38 bits per heavy atom. The van der Waals surface area contributed by atoms with Gasteiger partial charge in [0.05, 0.1) is 13.2 Å². The topological polar surface area (TPSA) is 66.5 Å². The average molecular weight is 119 g/mol. The lowest BCUT2D eigenvalue weighted by Crippen LogP contribution is -1.90. The van der Waals surface area contributed by atoms with E-state index >= 15 is 0 Å². The molecule has 0 heterocycles. The lowest BCUT2D eigenvalue weighted by molar-refractivity contribution is 0.186. The van der Waals surface area contributed by atoms with E-state index in [1.54, 1.807) is 6.08 Å². The van der Waals surface area contributed by atoms with Gasteiger partial charge in [0.1, 0.15) is 0 Å². The lowest BCUT2D eigenvalue weighted by atomic mass is 10.7. The van der Waals surface area contributed by atoms with E-state index in [1.807, 2.05) is 0 Å². The van der Waals surface area contributed by atoms with Gasteiger partial charge in [-0.25, -0.2) is 0 Å². The van der Waals surface area contributed by atoms with E-state index < -0.39 is 0 Å². The van der Waals surface area contributed by atoms with Crippen molar-refractivity contribution in [3.05, 3.63) is 12.7 Å². The maximum absolute atomic E-state index is 7.62. The Balaban J connectivity index is 0. The summed E-state index contributed by atoms with van der Waals surface area (Å²) in [6.07, 6.45) is 1.65. The predicted molar refractivity (Wildman–Crippen MR) is 33.4 cm³/mol. The maximum Gasteiger partial charge on any atom is 0.0662 e. The fraction of sp³-hybridized carbons (Fsp3) is 0.600. The van der Waals surface area contributed by atoms with Crippen molar-refractivity contribution in [1.29, 1.82) is 0 Å². The summed E-state index contributed by atoms with van der Waals surface area (Å²) in [5.41, 5.74) is 4.91. The molecule has 0 atom stereocenters. The SMILES string of the molecule is C=CCN.OCCO. The first kappa shape index (κ1) is 10.6. The second-order valence-corrected chi connectivity index (χ2v) is 0.972. The number of hydrogen-bond donors (Lipinski definition) is 3. The van der Waals surface area contributed by atoms with Crippen LogP contribution in [0.2, 0.25) is 0 Å². The van der Waals surface area contributed by atoms with Crippen LogP contribution in [-0.2, 0) is 0 Å². The van der Waals surface area contributed by atoms with Crippen LogP contribution in [0.1, 0.15) is 0 Å². The Labute approximate surface area is 49.4 Å². The highest BCUT2D eigenvalue weighted by Gasteiger charge is 1.58. The van der Waals surface area contributed by atoms with E-state index in [0.717, 1.165) is 0 Å². The molecule has 4 N–H and O–H groups in total. The first-order valence-corrected chi connectivity index (χ1v) is 2.36. The largest absolute Gasteiger partial charge is 0.394 e. The summed E-state index contributed by atoms with van der Waals surface area (Å²) in [4.78, 5) is 0. The Kier molecular flexibility index (Phi) is 21.1. The van der Waals surface area contributed by atoms with Crippen LogP contribution in [0.5, 0.6) is 0 Å². The highest BCUT2D eigenvalue weighted by molar-refractivity contribution is 4.64. The molecular weight excluding hydrogens is 106 g/mol. The molecular formula is C5H13NO2. The van der Waals surface area contributed by atoms with Gasteiger partial charge in [-0.05, 0) is 0 Å². The average Bonchev–Trinajstić information content (AvgIpc) is 1.88. The molecule has 3 nitrogen and oxygen atoms in total. The predicted octanol–water partition coefficient (Wildman–Crippen LogP) is -0.898. The van der Waals surface area contributed by atoms with Gasteiger partial charge in [0.25, 0.3) is 0 Å². The van der Waals surface area contributed by atoms with Crippen molar-refractivity contribution in [3.8, 4) is 0 Å². The molecule has 0 unspecified atom stereocenters. The van der Waals surface area contributed by atoms with Crippen molar-refractivity contribution in [1.82, 2.24) is 0 Å². The van der Waals surface area contributed by atoms with E-state index in [9.17, 15) is 0 Å². The molecule has 0 amide bonds. The molecule has 50 valence electrons. The summed E-state index contributed by atoms with van der Waals surface area (Å²) < 4.78 is 0. The zero-order chi connectivity index (χ0) is 6.83. The van der Waals surface area contributed by atoms with Crippen LogP contribution >= 0.6 is 0 Å². The van der Waals surface area contributed by atoms with Crippen LogP contribution in [0.4, 0.5) is 0 Å². The van der Waals surface area contributed by atoms with Crippen LogP contribution < -0.4 is 5.73 Å². The van der Waals surface area contributed by atoms with Gasteiger partial charge < -0.3 is 15.9 Å². The summed E-state index contributed by atoms with van der Waals surface area (Å²) >= 11 is 0. The number of nitrogens with two attached hydrogens (primary N) is 1. The van der Waals surface area contributed by atoms with Gasteiger partial charge in [-0.15, -0.1) is 6.58 Å². The third kappa shape index (κ3) is 45.7. The molecule has 0 aliphatic heterocycles. The minimum absolute atomic E-state index is 0.125. The molecule has 0 radical (unpaired) electrons. The van der Waals surface area contributed by atoms with E-state index in [2.05, 4.69) is 6.58 Å². The van der Waals surface area contributed by atoms with Crippen LogP contribution in [0.25, 0.3) is 0 Å². The van der Waals surface area contributed by atoms with Gasteiger partial charge in [-0.2, -0.15) is 0 Å². The fourth-order valence-electron chi connectivity index (χ4n) is 0. The van der Waals surface area contributed by atoms with Crippen molar-refractivity contribution in [2.24, 2.45) is 5.73 Å². The van der Waals surface area contributed by atoms with Crippen molar-refractivity contribution in [2.45, 2.75) is 0 Å². The fourth-order valence-corrected chi connectivity index (χ4v) is 0. The Hall–Kier alpha value is -0.380. The number of aliphatic hydroxyl groups is 2. The highest BCUT2D eigenvalue weighted by Crippen LogP contribution is 1.40. The number of hydrogen-bond acceptors (Lipinski definition) is 3. The molecule has 0 aliphatic carbocycles. The van der Waals surface area contributed by atoms with Crippen LogP contribution in [0.15, 0.2) is 12.7 Å². The van der Waals surface area contributed by atoms with Crippen LogP contribution in [0.3, 0.4) is 0 Å². The minimum Gasteiger partial charge on any atom is -0.394 e.